The van der Waals surface area contributed by atoms with Gasteiger partial charge < -0.3 is 10.1 Å². The summed E-state index contributed by atoms with van der Waals surface area (Å²) in [5, 5.41) is 13.5. The number of rotatable bonds is 6. The summed E-state index contributed by atoms with van der Waals surface area (Å²) in [6.07, 6.45) is 0. The number of benzene rings is 1. The first-order chi connectivity index (χ1) is 8.91. The smallest absolute Gasteiger partial charge is 0.310 e. The maximum Gasteiger partial charge on any atom is 0.310 e. The van der Waals surface area contributed by atoms with Gasteiger partial charge in [0.25, 0.3) is 5.91 Å². The molecule has 1 N–H and O–H groups in total. The number of nitrogens with one attached hydrogen (secondary N) is 1. The van der Waals surface area contributed by atoms with Crippen LogP contribution in [-0.4, -0.2) is 23.5 Å². The summed E-state index contributed by atoms with van der Waals surface area (Å²) in [5.41, 5.74) is -0.146. The molecule has 0 saturated carbocycles. The van der Waals surface area contributed by atoms with Crippen LogP contribution in [0.4, 0.5) is 5.69 Å². The van der Waals surface area contributed by atoms with Crippen molar-refractivity contribution >= 4 is 11.6 Å². The molecule has 1 rings (SSSR count). The van der Waals surface area contributed by atoms with Crippen molar-refractivity contribution in [2.24, 2.45) is 5.92 Å². The zero-order valence-electron chi connectivity index (χ0n) is 11.3. The fourth-order valence-corrected chi connectivity index (χ4v) is 1.34. The van der Waals surface area contributed by atoms with Crippen LogP contribution in [0.2, 0.25) is 0 Å². The molecule has 0 unspecified atom stereocenters. The average Bonchev–Trinajstić information content (AvgIpc) is 2.36. The SMILES string of the molecule is CC(C)[C@H](C)NC(=O)COc1ccccc1[N+](=O)[O-]. The van der Waals surface area contributed by atoms with Crippen molar-refractivity contribution in [3.8, 4) is 5.75 Å². The number of nitrogens with zero attached hydrogens (tertiary/aromatic N) is 1. The molecule has 0 bridgehead atoms. The molecule has 6 nitrogen and oxygen atoms in total. The van der Waals surface area contributed by atoms with Crippen molar-refractivity contribution in [3.05, 3.63) is 34.4 Å². The number of hydrogen-bond acceptors (Lipinski definition) is 4. The normalized spacial score (nSPS) is 12.0. The van der Waals surface area contributed by atoms with Crippen LogP contribution in [0.15, 0.2) is 24.3 Å². The molecule has 0 aliphatic heterocycles. The van der Waals surface area contributed by atoms with Gasteiger partial charge in [0.2, 0.25) is 0 Å². The second kappa shape index (κ2) is 6.72. The molecule has 1 atom stereocenters. The third kappa shape index (κ3) is 4.57. The Morgan fingerprint density at radius 2 is 2.00 bits per heavy atom. The Bertz CT molecular complexity index is 460. The van der Waals surface area contributed by atoms with E-state index in [1.807, 2.05) is 20.8 Å². The molecule has 0 aliphatic rings. The number of carbonyl (C=O) groups excluding carboxylic acids is 1. The molecule has 6 heteroatoms. The molecule has 0 aromatic heterocycles. The predicted molar refractivity (Wildman–Crippen MR) is 71.0 cm³/mol. The maximum atomic E-state index is 11.6. The van der Waals surface area contributed by atoms with Crippen LogP contribution >= 0.6 is 0 Å². The number of nitro benzene ring substituents is 1. The number of para-hydroxylation sites is 2. The van der Waals surface area contributed by atoms with E-state index < -0.39 is 4.92 Å². The van der Waals surface area contributed by atoms with E-state index in [1.165, 1.54) is 12.1 Å². The number of amides is 1. The van der Waals surface area contributed by atoms with E-state index in [2.05, 4.69) is 5.32 Å². The van der Waals surface area contributed by atoms with Crippen molar-refractivity contribution in [2.75, 3.05) is 6.61 Å². The van der Waals surface area contributed by atoms with Gasteiger partial charge in [-0.1, -0.05) is 26.0 Å². The highest BCUT2D eigenvalue weighted by Crippen LogP contribution is 2.25. The lowest BCUT2D eigenvalue weighted by atomic mass is 10.1. The van der Waals surface area contributed by atoms with Crippen LogP contribution in [0.3, 0.4) is 0 Å². The van der Waals surface area contributed by atoms with Crippen LogP contribution in [0.1, 0.15) is 20.8 Å². The zero-order chi connectivity index (χ0) is 14.4. The van der Waals surface area contributed by atoms with Crippen molar-refractivity contribution in [1.82, 2.24) is 5.32 Å². The van der Waals surface area contributed by atoms with Gasteiger partial charge in [0, 0.05) is 12.1 Å². The molecule has 104 valence electrons. The highest BCUT2D eigenvalue weighted by atomic mass is 16.6. The third-order valence-electron chi connectivity index (χ3n) is 2.81. The van der Waals surface area contributed by atoms with Crippen LogP contribution in [0.25, 0.3) is 0 Å². The Kier molecular flexibility index (Phi) is 5.29. The summed E-state index contributed by atoms with van der Waals surface area (Å²) in [4.78, 5) is 21.8. The van der Waals surface area contributed by atoms with Gasteiger partial charge in [-0.05, 0) is 18.9 Å². The lowest BCUT2D eigenvalue weighted by Crippen LogP contribution is -2.38. The number of carbonyl (C=O) groups is 1. The second-order valence-electron chi connectivity index (χ2n) is 4.61. The first-order valence-corrected chi connectivity index (χ1v) is 6.07. The minimum absolute atomic E-state index is 0.0295. The molecular formula is C13H18N2O4. The number of nitro groups is 1. The largest absolute Gasteiger partial charge is 0.477 e. The van der Waals surface area contributed by atoms with Gasteiger partial charge in [0.05, 0.1) is 4.92 Å². The van der Waals surface area contributed by atoms with Gasteiger partial charge in [-0.2, -0.15) is 0 Å². The molecule has 1 aromatic rings. The quantitative estimate of drug-likeness (QED) is 0.631. The van der Waals surface area contributed by atoms with Gasteiger partial charge in [-0.15, -0.1) is 0 Å². The Labute approximate surface area is 111 Å². The zero-order valence-corrected chi connectivity index (χ0v) is 11.3. The highest BCUT2D eigenvalue weighted by molar-refractivity contribution is 5.78. The lowest BCUT2D eigenvalue weighted by molar-refractivity contribution is -0.385. The van der Waals surface area contributed by atoms with E-state index in [0.29, 0.717) is 5.92 Å². The lowest BCUT2D eigenvalue weighted by Gasteiger charge is -2.17. The summed E-state index contributed by atoms with van der Waals surface area (Å²) in [6, 6.07) is 6.01. The van der Waals surface area contributed by atoms with E-state index >= 15 is 0 Å². The van der Waals surface area contributed by atoms with Crippen molar-refractivity contribution in [2.45, 2.75) is 26.8 Å². The molecular weight excluding hydrogens is 248 g/mol. The van der Waals surface area contributed by atoms with Crippen LogP contribution in [0.5, 0.6) is 5.75 Å². The molecule has 1 aromatic carbocycles. The van der Waals surface area contributed by atoms with Crippen molar-refractivity contribution in [1.29, 1.82) is 0 Å². The molecule has 0 radical (unpaired) electrons. The minimum atomic E-state index is -0.538. The third-order valence-corrected chi connectivity index (χ3v) is 2.81. The Hall–Kier alpha value is -2.11. The fraction of sp³-hybridized carbons (Fsp3) is 0.462. The van der Waals surface area contributed by atoms with E-state index in [9.17, 15) is 14.9 Å². The van der Waals surface area contributed by atoms with E-state index in [0.717, 1.165) is 0 Å². The fourth-order valence-electron chi connectivity index (χ4n) is 1.34. The monoisotopic (exact) mass is 266 g/mol. The summed E-state index contributed by atoms with van der Waals surface area (Å²) >= 11 is 0. The van der Waals surface area contributed by atoms with Gasteiger partial charge in [0.15, 0.2) is 12.4 Å². The topological polar surface area (TPSA) is 81.5 Å². The summed E-state index contributed by atoms with van der Waals surface area (Å²) in [6.45, 7) is 5.65. The molecule has 19 heavy (non-hydrogen) atoms. The molecule has 0 saturated heterocycles. The maximum absolute atomic E-state index is 11.6. The van der Waals surface area contributed by atoms with Crippen LogP contribution < -0.4 is 10.1 Å². The summed E-state index contributed by atoms with van der Waals surface area (Å²) in [7, 11) is 0. The number of ether oxygens (including phenoxy) is 1. The molecule has 0 fully saturated rings. The van der Waals surface area contributed by atoms with E-state index in [1.54, 1.807) is 12.1 Å². The first-order valence-electron chi connectivity index (χ1n) is 6.07. The van der Waals surface area contributed by atoms with Crippen molar-refractivity contribution < 1.29 is 14.5 Å². The molecule has 0 heterocycles. The molecule has 1 amide bonds. The standard InChI is InChI=1S/C13H18N2O4/c1-9(2)10(3)14-13(16)8-19-12-7-5-4-6-11(12)15(17)18/h4-7,9-10H,8H2,1-3H3,(H,14,16)/t10-/m0/s1. The Balaban J connectivity index is 2.58. The van der Waals surface area contributed by atoms with Crippen LogP contribution in [-0.2, 0) is 4.79 Å². The number of hydrogen-bond donors (Lipinski definition) is 1. The van der Waals surface area contributed by atoms with Gasteiger partial charge in [0.1, 0.15) is 0 Å². The first kappa shape index (κ1) is 14.9. The minimum Gasteiger partial charge on any atom is -0.477 e. The Morgan fingerprint density at radius 1 is 1.37 bits per heavy atom. The summed E-state index contributed by atoms with van der Waals surface area (Å²) in [5.74, 6) is 0.120. The van der Waals surface area contributed by atoms with Gasteiger partial charge in [-0.3, -0.25) is 14.9 Å². The van der Waals surface area contributed by atoms with E-state index in [4.69, 9.17) is 4.74 Å². The molecule has 0 spiro atoms. The second-order valence-corrected chi connectivity index (χ2v) is 4.61. The Morgan fingerprint density at radius 3 is 2.58 bits per heavy atom. The summed E-state index contributed by atoms with van der Waals surface area (Å²) < 4.78 is 5.19. The van der Waals surface area contributed by atoms with E-state index in [-0.39, 0.29) is 30.0 Å². The van der Waals surface area contributed by atoms with Crippen LogP contribution in [0, 0.1) is 16.0 Å². The van der Waals surface area contributed by atoms with Gasteiger partial charge >= 0.3 is 5.69 Å². The highest BCUT2D eigenvalue weighted by Gasteiger charge is 2.16. The predicted octanol–water partition coefficient (Wildman–Crippen LogP) is 2.13. The average molecular weight is 266 g/mol. The molecule has 0 aliphatic carbocycles. The van der Waals surface area contributed by atoms with Gasteiger partial charge in [-0.25, -0.2) is 0 Å². The van der Waals surface area contributed by atoms with Crippen molar-refractivity contribution in [3.63, 3.8) is 0 Å².